The normalized spacial score (nSPS) is 13.0. The fourth-order valence-electron chi connectivity index (χ4n) is 13.8. The summed E-state index contributed by atoms with van der Waals surface area (Å²) in [5.41, 5.74) is 9.81. The van der Waals surface area contributed by atoms with E-state index in [-0.39, 0.29) is 34.2 Å². The Labute approximate surface area is 722 Å². The number of carboxylic acids is 5. The minimum absolute atomic E-state index is 0.00144. The van der Waals surface area contributed by atoms with Gasteiger partial charge in [-0.05, 0) is 115 Å². The largest absolute Gasteiger partial charge is 0.477 e. The standard InChI is InChI=1S/C19H21N5O2.C17H15BrN4O2.C17H15N5O4.C15H12BrFN4O2.C14H11BrClN5O2/c1-22(2)14-7-5-13(6-8-14)15-11-17-20-16(19(25)26)12-18(24(17)21-15)23-9-3-4-10-23;18-12-5-3-11(4-6-12)13-9-15-19-14(17(23)24)10-16(22(15)20-13)21-7-1-2-8-21;23-17(24)14-10-16(20-7-1-2-8-20)21-15(18-14)9-13(19-21)11-3-5-12(6-4-11)22(25)26;1-20(2)14-7-12(15(22)23)18-13-6-11(19-21(13)14)9-4-3-8(16)5-10(9)17;1-20(2)12-5-10(14(22)23)18-11-4-9(19-21(11)12)13-8(16)3-7(15)6-17-13/h5-8,11-12H,3-4,9-10H2,1-2H3,(H,25,26);3-6,9-10H,1-2,7-8H2,(H,23,24);3-6,9-10H,1-2,7-8H2,(H,23,24);3-7H,1-2H3,(H,22,23);3-6H,1-2H3,(H,22,23). The molecule has 0 aliphatic carbocycles. The Kier molecular flexibility index (Phi) is 25.1. The van der Waals surface area contributed by atoms with E-state index in [2.05, 4.69) is 113 Å². The number of pyridine rings is 1. The zero-order valence-corrected chi connectivity index (χ0v) is 71.4. The van der Waals surface area contributed by atoms with Crippen molar-refractivity contribution in [2.24, 2.45) is 0 Å². The number of halogens is 5. The van der Waals surface area contributed by atoms with Gasteiger partial charge in [0.2, 0.25) is 0 Å². The van der Waals surface area contributed by atoms with Crippen LogP contribution in [0, 0.1) is 15.9 Å². The average molecular weight is 1870 g/mol. The molecule has 3 fully saturated rings. The number of hydrogen-bond donors (Lipinski definition) is 5. The lowest BCUT2D eigenvalue weighted by atomic mass is 10.1. The molecule has 15 aromatic rings. The molecule has 0 unspecified atom stereocenters. The number of benzene rings is 4. The number of non-ortho nitro benzene ring substituents is 1. The SMILES string of the molecule is CN(C)c1cc(C(=O)O)nc2cc(-c3ccc(Br)cc3F)nn12.CN(C)c1cc(C(=O)O)nc2cc(-c3ncc(Br)cc3Cl)nn12.CN(C)c1ccc(-c2cc3nc(C(=O)O)cc(N4CCCC4)n3n2)cc1.O=C(O)c1cc(N2CCCC2)n2nc(-c3ccc(Br)cc3)cc2n1.O=C(O)c1cc(N2CCCC2)n2nc(-c3ccc([N+](=O)[O-])cc3)cc2n1. The molecule has 0 bridgehead atoms. The van der Waals surface area contributed by atoms with Crippen LogP contribution in [-0.4, -0.2) is 220 Å². The molecule has 3 saturated heterocycles. The Hall–Kier alpha value is -13.7. The quantitative estimate of drug-likeness (QED) is 0.0417. The Morgan fingerprint density at radius 2 is 0.730 bits per heavy atom. The Morgan fingerprint density at radius 1 is 0.402 bits per heavy atom. The number of nitro groups is 1. The van der Waals surface area contributed by atoms with Gasteiger partial charge in [-0.3, -0.25) is 15.1 Å². The lowest BCUT2D eigenvalue weighted by Crippen LogP contribution is -2.22. The number of aromatic nitrogens is 16. The van der Waals surface area contributed by atoms with Crippen molar-refractivity contribution in [1.29, 1.82) is 0 Å². The Bertz CT molecular complexity index is 6390. The van der Waals surface area contributed by atoms with Crippen LogP contribution in [0.15, 0.2) is 177 Å². The van der Waals surface area contributed by atoms with E-state index in [1.807, 2.05) is 79.7 Å². The van der Waals surface area contributed by atoms with Crippen molar-refractivity contribution in [3.8, 4) is 56.4 Å². The summed E-state index contributed by atoms with van der Waals surface area (Å²) in [6.45, 7) is 5.31. The summed E-state index contributed by atoms with van der Waals surface area (Å²) in [5.74, 6) is -2.39. The summed E-state index contributed by atoms with van der Waals surface area (Å²) >= 11 is 16.1. The third-order valence-corrected chi connectivity index (χ3v) is 21.5. The van der Waals surface area contributed by atoms with E-state index in [0.717, 1.165) is 127 Å². The summed E-state index contributed by atoms with van der Waals surface area (Å²) < 4.78 is 24.7. The number of nitrogens with zero attached hydrogens (tertiary/aromatic N) is 23. The van der Waals surface area contributed by atoms with E-state index in [0.29, 0.717) is 89.1 Å². The van der Waals surface area contributed by atoms with E-state index in [1.165, 1.54) is 40.9 Å². The molecule has 11 aromatic heterocycles. The fraction of sp³-hybridized carbons (Fsp3) is 0.220. The van der Waals surface area contributed by atoms with Gasteiger partial charge in [-0.2, -0.15) is 48.1 Å². The molecule has 0 amide bonds. The highest BCUT2D eigenvalue weighted by molar-refractivity contribution is 9.11. The predicted octanol–water partition coefficient (Wildman–Crippen LogP) is 14.9. The van der Waals surface area contributed by atoms with Crippen LogP contribution >= 0.6 is 59.4 Å². The van der Waals surface area contributed by atoms with Crippen molar-refractivity contribution >= 4 is 158 Å². The summed E-state index contributed by atoms with van der Waals surface area (Å²) in [6.07, 6.45) is 8.12. The first-order chi connectivity index (χ1) is 58.4. The highest BCUT2D eigenvalue weighted by Crippen LogP contribution is 2.35. The fourth-order valence-corrected chi connectivity index (χ4v) is 15.1. The van der Waals surface area contributed by atoms with Crippen molar-refractivity contribution < 1.29 is 58.8 Å². The van der Waals surface area contributed by atoms with Gasteiger partial charge < -0.3 is 54.9 Å². The van der Waals surface area contributed by atoms with Crippen LogP contribution in [0.25, 0.3) is 84.7 Å². The minimum atomic E-state index is -1.13. The second kappa shape index (κ2) is 36.1. The molecule has 3 aliphatic heterocycles. The number of anilines is 6. The summed E-state index contributed by atoms with van der Waals surface area (Å²) in [5, 5.41) is 80.4. The van der Waals surface area contributed by atoms with Gasteiger partial charge in [-0.15, -0.1) is 0 Å². The van der Waals surface area contributed by atoms with E-state index >= 15 is 0 Å². The second-order valence-electron chi connectivity index (χ2n) is 28.8. The molecule has 18 rings (SSSR count). The molecule has 122 heavy (non-hydrogen) atoms. The number of aromatic carboxylic acids is 5. The minimum Gasteiger partial charge on any atom is -0.477 e. The van der Waals surface area contributed by atoms with Gasteiger partial charge in [0.05, 0.1) is 32.7 Å². The van der Waals surface area contributed by atoms with Gasteiger partial charge in [0.25, 0.3) is 5.69 Å². The number of hydrogen-bond acceptors (Lipinski definition) is 24. The lowest BCUT2D eigenvalue weighted by Gasteiger charge is -2.18. The smallest absolute Gasteiger partial charge is 0.354 e. The third kappa shape index (κ3) is 18.7. The molecule has 4 aromatic carbocycles. The molecular weight excluding hydrogens is 1790 g/mol. The molecule has 624 valence electrons. The molecule has 0 atom stereocenters. The van der Waals surface area contributed by atoms with Crippen molar-refractivity contribution in [2.45, 2.75) is 38.5 Å². The van der Waals surface area contributed by atoms with Crippen LogP contribution < -0.4 is 29.4 Å². The highest BCUT2D eigenvalue weighted by Gasteiger charge is 2.27. The van der Waals surface area contributed by atoms with Gasteiger partial charge in [-0.1, -0.05) is 67.7 Å². The topological polar surface area (TPSA) is 413 Å². The zero-order chi connectivity index (χ0) is 86.6. The molecule has 0 saturated carbocycles. The van der Waals surface area contributed by atoms with Crippen LogP contribution in [0.5, 0.6) is 0 Å². The van der Waals surface area contributed by atoms with Crippen LogP contribution in [0.4, 0.5) is 44.9 Å². The van der Waals surface area contributed by atoms with Gasteiger partial charge in [0, 0.05) is 202 Å². The monoisotopic (exact) mass is 1860 g/mol. The van der Waals surface area contributed by atoms with E-state index < -0.39 is 40.6 Å². The number of fused-ring (bicyclic) bond motifs is 5. The predicted molar refractivity (Wildman–Crippen MR) is 467 cm³/mol. The van der Waals surface area contributed by atoms with Gasteiger partial charge in [0.1, 0.15) is 46.3 Å². The third-order valence-electron chi connectivity index (χ3n) is 19.8. The molecule has 0 radical (unpaired) electrons. The van der Waals surface area contributed by atoms with Gasteiger partial charge >= 0.3 is 29.8 Å². The first-order valence-corrected chi connectivity index (χ1v) is 40.5. The van der Waals surface area contributed by atoms with Crippen LogP contribution in [0.2, 0.25) is 5.02 Å². The Morgan fingerprint density at radius 3 is 1.08 bits per heavy atom. The van der Waals surface area contributed by atoms with Crippen molar-refractivity contribution in [1.82, 2.24) is 78.0 Å². The van der Waals surface area contributed by atoms with Crippen LogP contribution in [0.3, 0.4) is 0 Å². The average Bonchev–Trinajstić information content (AvgIpc) is 1.65. The van der Waals surface area contributed by atoms with Crippen LogP contribution in [0.1, 0.15) is 91.0 Å². The summed E-state index contributed by atoms with van der Waals surface area (Å²) in [6, 6.07) is 44.6. The highest BCUT2D eigenvalue weighted by atomic mass is 79.9. The molecular formula is C82H74Br3ClFN23O12. The molecule has 14 heterocycles. The van der Waals surface area contributed by atoms with E-state index in [9.17, 15) is 64.0 Å². The van der Waals surface area contributed by atoms with Crippen molar-refractivity contribution in [3.63, 3.8) is 0 Å². The molecule has 40 heteroatoms. The maximum atomic E-state index is 14.1. The van der Waals surface area contributed by atoms with E-state index in [1.54, 1.807) is 123 Å². The first-order valence-electron chi connectivity index (χ1n) is 37.8. The van der Waals surface area contributed by atoms with Crippen LogP contribution in [-0.2, 0) is 0 Å². The number of carboxylic acid groups (broad SMARTS) is 5. The first kappa shape index (κ1) is 84.8. The van der Waals surface area contributed by atoms with Crippen molar-refractivity contribution in [3.05, 3.63) is 227 Å². The Balaban J connectivity index is 0.000000125. The number of nitro benzene ring substituents is 1. The van der Waals surface area contributed by atoms with Gasteiger partial charge in [-0.25, -0.2) is 53.3 Å². The zero-order valence-electron chi connectivity index (χ0n) is 65.8. The van der Waals surface area contributed by atoms with E-state index in [4.69, 9.17) is 16.7 Å². The molecule has 5 N–H and O–H groups in total. The lowest BCUT2D eigenvalue weighted by molar-refractivity contribution is -0.384. The second-order valence-corrected chi connectivity index (χ2v) is 31.9. The number of rotatable bonds is 17. The van der Waals surface area contributed by atoms with Gasteiger partial charge in [0.15, 0.2) is 56.7 Å². The summed E-state index contributed by atoms with van der Waals surface area (Å²) in [4.78, 5) is 104. The molecule has 0 spiro atoms. The summed E-state index contributed by atoms with van der Waals surface area (Å²) in [7, 11) is 11.1. The maximum Gasteiger partial charge on any atom is 0.354 e. The molecule has 35 nitrogen and oxygen atoms in total. The maximum absolute atomic E-state index is 14.1. The number of carbonyl (C=O) groups is 5. The molecule has 3 aliphatic rings. The van der Waals surface area contributed by atoms with Crippen molar-refractivity contribution in [2.75, 3.05) is 111 Å².